The molecule has 158 valence electrons. The first-order valence-corrected chi connectivity index (χ1v) is 9.87. The fraction of sp³-hybridized carbons (Fsp3) is 0.524. The summed E-state index contributed by atoms with van der Waals surface area (Å²) in [7, 11) is 1.71. The van der Waals surface area contributed by atoms with Gasteiger partial charge < -0.3 is 14.4 Å². The van der Waals surface area contributed by atoms with Crippen molar-refractivity contribution in [1.82, 2.24) is 4.90 Å². The number of anilines is 1. The normalized spacial score (nSPS) is 12.8. The Morgan fingerprint density at radius 2 is 1.97 bits per heavy atom. The molecule has 0 atom stereocenters. The molecule has 0 aromatic heterocycles. The van der Waals surface area contributed by atoms with Crippen molar-refractivity contribution in [1.29, 1.82) is 0 Å². The van der Waals surface area contributed by atoms with Crippen LogP contribution in [0.15, 0.2) is 18.2 Å². The molecule has 0 bridgehead atoms. The number of benzene rings is 1. The fourth-order valence-electron chi connectivity index (χ4n) is 2.92. The maximum atomic E-state index is 12.5. The summed E-state index contributed by atoms with van der Waals surface area (Å²) in [5.74, 6) is -0.759. The Morgan fingerprint density at radius 1 is 1.21 bits per heavy atom. The lowest BCUT2D eigenvalue weighted by Gasteiger charge is -2.30. The van der Waals surface area contributed by atoms with Gasteiger partial charge in [0.15, 0.2) is 12.4 Å². The molecule has 0 radical (unpaired) electrons. The van der Waals surface area contributed by atoms with Gasteiger partial charge in [-0.05, 0) is 31.5 Å². The molecule has 0 saturated carbocycles. The quantitative estimate of drug-likeness (QED) is 0.438. The van der Waals surface area contributed by atoms with E-state index < -0.39 is 5.97 Å². The second-order valence-corrected chi connectivity index (χ2v) is 6.85. The van der Waals surface area contributed by atoms with Crippen molar-refractivity contribution in [3.8, 4) is 5.75 Å². The molecule has 1 aliphatic heterocycles. The number of fused-ring (bicyclic) bond motifs is 1. The van der Waals surface area contributed by atoms with Crippen LogP contribution in [0.5, 0.6) is 5.75 Å². The summed E-state index contributed by atoms with van der Waals surface area (Å²) in [5, 5.41) is 0. The summed E-state index contributed by atoms with van der Waals surface area (Å²) < 4.78 is 10.3. The molecule has 0 unspecified atom stereocenters. The number of nitrogens with zero attached hydrogens (tertiary/aromatic N) is 2. The van der Waals surface area contributed by atoms with E-state index in [1.807, 2.05) is 6.92 Å². The van der Waals surface area contributed by atoms with Crippen LogP contribution in [0, 0.1) is 0 Å². The summed E-state index contributed by atoms with van der Waals surface area (Å²) in [6, 6.07) is 4.74. The summed E-state index contributed by atoms with van der Waals surface area (Å²) >= 11 is 0. The predicted molar refractivity (Wildman–Crippen MR) is 107 cm³/mol. The molecule has 1 aliphatic rings. The van der Waals surface area contributed by atoms with Gasteiger partial charge >= 0.3 is 5.97 Å². The van der Waals surface area contributed by atoms with Gasteiger partial charge in [-0.2, -0.15) is 0 Å². The van der Waals surface area contributed by atoms with E-state index in [2.05, 4.69) is 0 Å². The minimum Gasteiger partial charge on any atom is -0.482 e. The lowest BCUT2D eigenvalue weighted by molar-refractivity contribution is -0.143. The number of rotatable bonds is 10. The second kappa shape index (κ2) is 10.6. The number of hydrogen-bond acceptors (Lipinski definition) is 6. The number of esters is 1. The number of carbonyl (C=O) groups is 4. The van der Waals surface area contributed by atoms with E-state index in [1.165, 1.54) is 4.90 Å². The molecule has 0 aliphatic carbocycles. The zero-order valence-corrected chi connectivity index (χ0v) is 17.2. The van der Waals surface area contributed by atoms with Gasteiger partial charge in [-0.3, -0.25) is 24.1 Å². The van der Waals surface area contributed by atoms with Crippen LogP contribution in [0.4, 0.5) is 5.69 Å². The van der Waals surface area contributed by atoms with Crippen molar-refractivity contribution in [2.45, 2.75) is 39.5 Å². The van der Waals surface area contributed by atoms with Crippen molar-refractivity contribution in [3.05, 3.63) is 23.8 Å². The van der Waals surface area contributed by atoms with Gasteiger partial charge in [0.25, 0.3) is 5.91 Å². The van der Waals surface area contributed by atoms with Gasteiger partial charge in [0.1, 0.15) is 12.3 Å². The topological polar surface area (TPSA) is 93.2 Å². The lowest BCUT2D eigenvalue weighted by atomic mass is 10.0. The van der Waals surface area contributed by atoms with Crippen LogP contribution in [0.1, 0.15) is 49.9 Å². The van der Waals surface area contributed by atoms with Crippen molar-refractivity contribution in [2.75, 3.05) is 38.3 Å². The molecule has 8 nitrogen and oxygen atoms in total. The number of likely N-dealkylation sites (N-methyl/N-ethyl adjacent to an activating group) is 1. The summed E-state index contributed by atoms with van der Waals surface area (Å²) in [4.78, 5) is 51.8. The van der Waals surface area contributed by atoms with Crippen molar-refractivity contribution in [3.63, 3.8) is 0 Å². The summed E-state index contributed by atoms with van der Waals surface area (Å²) in [6.45, 7) is 4.36. The molecule has 8 heteroatoms. The number of ketones is 1. The highest BCUT2D eigenvalue weighted by Gasteiger charge is 2.29. The number of hydrogen-bond donors (Lipinski definition) is 0. The van der Waals surface area contributed by atoms with E-state index in [0.29, 0.717) is 23.5 Å². The van der Waals surface area contributed by atoms with Gasteiger partial charge in [0.05, 0.1) is 18.7 Å². The van der Waals surface area contributed by atoms with Crippen LogP contribution in [0.2, 0.25) is 0 Å². The smallest absolute Gasteiger partial charge is 0.306 e. The average Bonchev–Trinajstić information content (AvgIpc) is 2.71. The highest BCUT2D eigenvalue weighted by molar-refractivity contribution is 6.04. The molecule has 1 heterocycles. The van der Waals surface area contributed by atoms with E-state index in [1.54, 1.807) is 37.1 Å². The Morgan fingerprint density at radius 3 is 2.66 bits per heavy atom. The molecule has 0 saturated heterocycles. The van der Waals surface area contributed by atoms with Crippen LogP contribution >= 0.6 is 0 Å². The zero-order chi connectivity index (χ0) is 21.4. The first kappa shape index (κ1) is 22.4. The molecule has 0 spiro atoms. The van der Waals surface area contributed by atoms with Crippen LogP contribution in [-0.2, 0) is 19.1 Å². The average molecular weight is 404 g/mol. The Labute approximate surface area is 170 Å². The van der Waals surface area contributed by atoms with Crippen LogP contribution in [-0.4, -0.2) is 61.8 Å². The fourth-order valence-corrected chi connectivity index (χ4v) is 2.92. The number of Topliss-reactive ketones (excluding diaryl/α,β-unsaturated/α-hetero) is 1. The Kier molecular flexibility index (Phi) is 8.18. The second-order valence-electron chi connectivity index (χ2n) is 6.85. The van der Waals surface area contributed by atoms with E-state index in [-0.39, 0.29) is 50.2 Å². The number of amides is 2. The van der Waals surface area contributed by atoms with E-state index in [9.17, 15) is 19.2 Å². The molecule has 1 aromatic carbocycles. The number of ether oxygens (including phenoxy) is 2. The molecular weight excluding hydrogens is 376 g/mol. The SMILES string of the molecule is CCCCN(C)C(=O)CN1C(=O)COc2ccc(C(=O)CCC(=O)OCC)cc21. The minimum atomic E-state index is -0.431. The minimum absolute atomic E-state index is 0.00507. The monoisotopic (exact) mass is 404 g/mol. The van der Waals surface area contributed by atoms with Crippen molar-refractivity contribution in [2.24, 2.45) is 0 Å². The van der Waals surface area contributed by atoms with Gasteiger partial charge in [-0.25, -0.2) is 0 Å². The molecular formula is C21H28N2O6. The Bertz CT molecular complexity index is 776. The molecule has 0 N–H and O–H groups in total. The number of carbonyl (C=O) groups excluding carboxylic acids is 4. The third-order valence-electron chi connectivity index (χ3n) is 4.65. The molecule has 0 fully saturated rings. The van der Waals surface area contributed by atoms with E-state index in [0.717, 1.165) is 12.8 Å². The number of unbranched alkanes of at least 4 members (excludes halogenated alkanes) is 1. The highest BCUT2D eigenvalue weighted by Crippen LogP contribution is 2.33. The standard InChI is InChI=1S/C21H28N2O6/c1-4-6-11-22(3)19(25)13-23-16-12-15(7-9-18(16)29-14-20(23)26)17(24)8-10-21(27)28-5-2/h7,9,12H,4-6,8,10-11,13-14H2,1-3H3. The maximum absolute atomic E-state index is 12.5. The molecule has 1 aromatic rings. The van der Waals surface area contributed by atoms with Gasteiger partial charge in [-0.15, -0.1) is 0 Å². The molecule has 2 amide bonds. The van der Waals surface area contributed by atoms with Crippen molar-refractivity contribution < 1.29 is 28.7 Å². The highest BCUT2D eigenvalue weighted by atomic mass is 16.5. The summed E-state index contributed by atoms with van der Waals surface area (Å²) in [5.41, 5.74) is 0.739. The first-order chi connectivity index (χ1) is 13.9. The Hall–Kier alpha value is -2.90. The Balaban J connectivity index is 2.14. The lowest BCUT2D eigenvalue weighted by Crippen LogP contribution is -2.45. The predicted octanol–water partition coefficient (Wildman–Crippen LogP) is 2.20. The largest absolute Gasteiger partial charge is 0.482 e. The zero-order valence-electron chi connectivity index (χ0n) is 17.2. The van der Waals surface area contributed by atoms with Crippen LogP contribution in [0.3, 0.4) is 0 Å². The molecule has 2 rings (SSSR count). The van der Waals surface area contributed by atoms with E-state index >= 15 is 0 Å². The summed E-state index contributed by atoms with van der Waals surface area (Å²) in [6.07, 6.45) is 1.85. The maximum Gasteiger partial charge on any atom is 0.306 e. The van der Waals surface area contributed by atoms with Gasteiger partial charge in [0.2, 0.25) is 5.91 Å². The molecule has 29 heavy (non-hydrogen) atoms. The van der Waals surface area contributed by atoms with E-state index in [4.69, 9.17) is 9.47 Å². The van der Waals surface area contributed by atoms with Gasteiger partial charge in [-0.1, -0.05) is 13.3 Å². The first-order valence-electron chi connectivity index (χ1n) is 9.87. The third-order valence-corrected chi connectivity index (χ3v) is 4.65. The van der Waals surface area contributed by atoms with Gasteiger partial charge in [0, 0.05) is 25.6 Å². The van der Waals surface area contributed by atoms with Crippen LogP contribution < -0.4 is 9.64 Å². The van der Waals surface area contributed by atoms with Crippen LogP contribution in [0.25, 0.3) is 0 Å². The third kappa shape index (κ3) is 6.04. The van der Waals surface area contributed by atoms with Crippen molar-refractivity contribution >= 4 is 29.3 Å².